The Labute approximate surface area is 113 Å². The van der Waals surface area contributed by atoms with Gasteiger partial charge in [0.05, 0.1) is 11.3 Å². The van der Waals surface area contributed by atoms with Crippen LogP contribution < -0.4 is 5.56 Å². The Morgan fingerprint density at radius 3 is 2.65 bits per heavy atom. The number of rotatable bonds is 2. The molecule has 0 atom stereocenters. The van der Waals surface area contributed by atoms with E-state index >= 15 is 0 Å². The molecule has 3 rings (SSSR count). The molecule has 6 heteroatoms. The number of hydrogen-bond acceptors (Lipinski definition) is 3. The first-order valence-electron chi connectivity index (χ1n) is 5.99. The maximum absolute atomic E-state index is 12.5. The molecule has 3 aromatic rings. The van der Waals surface area contributed by atoms with Crippen molar-refractivity contribution in [1.29, 1.82) is 0 Å². The number of nitrogens with zero attached hydrogens (tertiary/aromatic N) is 2. The van der Waals surface area contributed by atoms with E-state index in [0.29, 0.717) is 11.3 Å². The molecule has 0 aliphatic carbocycles. The molecule has 100 valence electrons. The molecule has 0 aliphatic heterocycles. The Balaban J connectivity index is 2.37. The number of fused-ring (bicyclic) bond motifs is 1. The van der Waals surface area contributed by atoms with Crippen LogP contribution in [0.25, 0.3) is 16.8 Å². The predicted octanol–water partition coefficient (Wildman–Crippen LogP) is 1.70. The Kier molecular flexibility index (Phi) is 2.64. The van der Waals surface area contributed by atoms with Gasteiger partial charge in [-0.25, -0.2) is 14.3 Å². The zero-order valence-electron chi connectivity index (χ0n) is 10.6. The number of carboxylic acids is 1. The van der Waals surface area contributed by atoms with Crippen molar-refractivity contribution in [2.45, 2.75) is 6.92 Å². The number of benzene rings is 1. The zero-order valence-corrected chi connectivity index (χ0v) is 10.6. The van der Waals surface area contributed by atoms with Gasteiger partial charge in [-0.1, -0.05) is 30.3 Å². The fraction of sp³-hybridized carbons (Fsp3) is 0.0714. The smallest absolute Gasteiger partial charge is 0.341 e. The summed E-state index contributed by atoms with van der Waals surface area (Å²) in [5.41, 5.74) is 1.50. The van der Waals surface area contributed by atoms with Crippen LogP contribution in [0.4, 0.5) is 0 Å². The Morgan fingerprint density at radius 2 is 2.00 bits per heavy atom. The van der Waals surface area contributed by atoms with Crippen LogP contribution in [0.3, 0.4) is 0 Å². The lowest BCUT2D eigenvalue weighted by Crippen LogP contribution is -2.19. The molecule has 20 heavy (non-hydrogen) atoms. The van der Waals surface area contributed by atoms with Gasteiger partial charge in [-0.15, -0.1) is 0 Å². The fourth-order valence-corrected chi connectivity index (χ4v) is 2.22. The Morgan fingerprint density at radius 1 is 1.30 bits per heavy atom. The van der Waals surface area contributed by atoms with Crippen molar-refractivity contribution in [1.82, 2.24) is 14.6 Å². The monoisotopic (exact) mass is 269 g/mol. The maximum Gasteiger partial charge on any atom is 0.341 e. The standard InChI is InChI=1S/C14H11N3O3/c1-8-11(9-5-3-2-4-6-9)13(18)17-12(16-8)10(7-15-17)14(19)20/h2-7,15H,1H3,(H,19,20). The van der Waals surface area contributed by atoms with Crippen molar-refractivity contribution < 1.29 is 9.90 Å². The van der Waals surface area contributed by atoms with Crippen LogP contribution >= 0.6 is 0 Å². The minimum atomic E-state index is -1.12. The van der Waals surface area contributed by atoms with E-state index in [9.17, 15) is 9.59 Å². The van der Waals surface area contributed by atoms with E-state index in [0.717, 1.165) is 10.1 Å². The van der Waals surface area contributed by atoms with Gasteiger partial charge < -0.3 is 5.11 Å². The van der Waals surface area contributed by atoms with Gasteiger partial charge >= 0.3 is 5.97 Å². The van der Waals surface area contributed by atoms with E-state index in [1.54, 1.807) is 6.92 Å². The molecule has 2 N–H and O–H groups in total. The lowest BCUT2D eigenvalue weighted by Gasteiger charge is -2.05. The van der Waals surface area contributed by atoms with Gasteiger partial charge in [0.1, 0.15) is 5.56 Å². The molecule has 1 aromatic carbocycles. The number of H-pyrrole nitrogens is 1. The Bertz CT molecular complexity index is 862. The molecule has 6 nitrogen and oxygen atoms in total. The van der Waals surface area contributed by atoms with Gasteiger partial charge in [0.25, 0.3) is 5.56 Å². The summed E-state index contributed by atoms with van der Waals surface area (Å²) in [4.78, 5) is 27.8. The molecule has 0 unspecified atom stereocenters. The third-order valence-electron chi connectivity index (χ3n) is 3.14. The normalized spacial score (nSPS) is 10.8. The highest BCUT2D eigenvalue weighted by molar-refractivity contribution is 5.94. The minimum absolute atomic E-state index is 0.0233. The van der Waals surface area contributed by atoms with Crippen LogP contribution in [-0.4, -0.2) is 25.7 Å². The van der Waals surface area contributed by atoms with Crippen molar-refractivity contribution >= 4 is 11.6 Å². The van der Waals surface area contributed by atoms with Gasteiger partial charge in [0.15, 0.2) is 5.65 Å². The number of nitrogens with one attached hydrogen (secondary N) is 1. The number of aromatic nitrogens is 3. The summed E-state index contributed by atoms with van der Waals surface area (Å²) >= 11 is 0. The van der Waals surface area contributed by atoms with Crippen LogP contribution in [0.5, 0.6) is 0 Å². The summed E-state index contributed by atoms with van der Waals surface area (Å²) < 4.78 is 1.15. The molecule has 2 aromatic heterocycles. The van der Waals surface area contributed by atoms with Crippen molar-refractivity contribution in [3.8, 4) is 11.1 Å². The number of carbonyl (C=O) groups is 1. The first-order valence-corrected chi connectivity index (χ1v) is 5.99. The first kappa shape index (κ1) is 12.2. The van der Waals surface area contributed by atoms with Gasteiger partial charge in [-0.2, -0.15) is 0 Å². The lowest BCUT2D eigenvalue weighted by molar-refractivity contribution is 0.0699. The third kappa shape index (κ3) is 1.70. The van der Waals surface area contributed by atoms with Crippen LogP contribution in [0, 0.1) is 6.92 Å². The van der Waals surface area contributed by atoms with E-state index in [4.69, 9.17) is 5.11 Å². The molecular weight excluding hydrogens is 258 g/mol. The number of aromatic amines is 1. The molecule has 0 spiro atoms. The first-order chi connectivity index (χ1) is 9.59. The van der Waals surface area contributed by atoms with Gasteiger partial charge in [0, 0.05) is 6.20 Å². The average Bonchev–Trinajstić information content (AvgIpc) is 2.84. The second-order valence-electron chi connectivity index (χ2n) is 4.39. The second-order valence-corrected chi connectivity index (χ2v) is 4.39. The average molecular weight is 269 g/mol. The van der Waals surface area contributed by atoms with Crippen LogP contribution in [-0.2, 0) is 0 Å². The lowest BCUT2D eigenvalue weighted by atomic mass is 10.1. The fourth-order valence-electron chi connectivity index (χ4n) is 2.22. The van der Waals surface area contributed by atoms with Gasteiger partial charge in [-0.3, -0.25) is 9.89 Å². The van der Waals surface area contributed by atoms with E-state index in [2.05, 4.69) is 10.1 Å². The minimum Gasteiger partial charge on any atom is -0.477 e. The van der Waals surface area contributed by atoms with E-state index in [1.165, 1.54) is 6.20 Å². The molecule has 0 bridgehead atoms. The van der Waals surface area contributed by atoms with E-state index < -0.39 is 5.97 Å². The molecule has 0 fully saturated rings. The SMILES string of the molecule is Cc1nc2c(C(=O)O)c[nH]n2c(=O)c1-c1ccccc1. The topological polar surface area (TPSA) is 87.5 Å². The molecule has 0 saturated carbocycles. The predicted molar refractivity (Wildman–Crippen MR) is 72.9 cm³/mol. The molecule has 0 aliphatic rings. The summed E-state index contributed by atoms with van der Waals surface area (Å²) in [5.74, 6) is -1.12. The zero-order chi connectivity index (χ0) is 14.3. The molecule has 0 radical (unpaired) electrons. The summed E-state index contributed by atoms with van der Waals surface area (Å²) in [6.45, 7) is 1.70. The van der Waals surface area contributed by atoms with Crippen molar-refractivity contribution in [3.63, 3.8) is 0 Å². The largest absolute Gasteiger partial charge is 0.477 e. The summed E-state index contributed by atoms with van der Waals surface area (Å²) in [6.07, 6.45) is 1.26. The number of hydrogen-bond donors (Lipinski definition) is 2. The number of aryl methyl sites for hydroxylation is 1. The van der Waals surface area contributed by atoms with Crippen molar-refractivity contribution in [2.75, 3.05) is 0 Å². The highest BCUT2D eigenvalue weighted by atomic mass is 16.4. The molecule has 0 saturated heterocycles. The van der Waals surface area contributed by atoms with Crippen molar-refractivity contribution in [2.24, 2.45) is 0 Å². The quantitative estimate of drug-likeness (QED) is 0.741. The summed E-state index contributed by atoms with van der Waals surface area (Å²) in [5, 5.41) is 11.7. The summed E-state index contributed by atoms with van der Waals surface area (Å²) in [6, 6.07) is 9.16. The highest BCUT2D eigenvalue weighted by Gasteiger charge is 2.17. The molecule has 2 heterocycles. The van der Waals surface area contributed by atoms with E-state index in [-0.39, 0.29) is 16.8 Å². The molecular formula is C14H11N3O3. The van der Waals surface area contributed by atoms with Crippen LogP contribution in [0.2, 0.25) is 0 Å². The van der Waals surface area contributed by atoms with E-state index in [1.807, 2.05) is 30.3 Å². The summed E-state index contributed by atoms with van der Waals surface area (Å²) in [7, 11) is 0. The highest BCUT2D eigenvalue weighted by Crippen LogP contribution is 2.19. The Hall–Kier alpha value is -2.89. The number of aromatic carboxylic acids is 1. The van der Waals surface area contributed by atoms with Crippen LogP contribution in [0.15, 0.2) is 41.3 Å². The second kappa shape index (κ2) is 4.34. The van der Waals surface area contributed by atoms with Crippen LogP contribution in [0.1, 0.15) is 16.1 Å². The number of carboxylic acid groups (broad SMARTS) is 1. The maximum atomic E-state index is 12.5. The van der Waals surface area contributed by atoms with Crippen molar-refractivity contribution in [3.05, 3.63) is 58.1 Å². The van der Waals surface area contributed by atoms with Gasteiger partial charge in [0.2, 0.25) is 0 Å². The third-order valence-corrected chi connectivity index (χ3v) is 3.14. The van der Waals surface area contributed by atoms with Gasteiger partial charge in [-0.05, 0) is 12.5 Å². The molecule has 0 amide bonds.